The Balaban J connectivity index is 1.75. The number of halogens is 1. The van der Waals surface area contributed by atoms with E-state index in [1.165, 1.54) is 17.2 Å². The van der Waals surface area contributed by atoms with Gasteiger partial charge in [0.1, 0.15) is 11.9 Å². The molecule has 116 valence electrons. The summed E-state index contributed by atoms with van der Waals surface area (Å²) in [5.41, 5.74) is 3.86. The fourth-order valence-electron chi connectivity index (χ4n) is 4.45. The lowest BCUT2D eigenvalue weighted by Crippen LogP contribution is -2.32. The second-order valence-electron chi connectivity index (χ2n) is 6.57. The number of carbonyl (C=O) groups is 1. The maximum absolute atomic E-state index is 14.5. The summed E-state index contributed by atoms with van der Waals surface area (Å²) in [5, 5.41) is 0. The highest BCUT2D eigenvalue weighted by Gasteiger charge is 2.55. The molecule has 2 aromatic carbocycles. The highest BCUT2D eigenvalue weighted by molar-refractivity contribution is 5.96. The van der Waals surface area contributed by atoms with Gasteiger partial charge in [-0.3, -0.25) is 4.79 Å². The number of hydrogen-bond acceptors (Lipinski definition) is 2. The van der Waals surface area contributed by atoms with Crippen LogP contribution in [0.2, 0.25) is 0 Å². The number of nitrogens with zero attached hydrogens (tertiary/aromatic N) is 1. The lowest BCUT2D eigenvalue weighted by Gasteiger charge is -2.29. The SMILES string of the molecule is CC(=O)N1c2cccc3c2C(CC2OC32)C1c1ccccc1F. The minimum atomic E-state index is -0.282. The minimum Gasteiger partial charge on any atom is -0.364 e. The van der Waals surface area contributed by atoms with Crippen molar-refractivity contribution in [2.45, 2.75) is 37.5 Å². The first-order chi connectivity index (χ1) is 11.2. The predicted octanol–water partition coefficient (Wildman–Crippen LogP) is 3.86. The Hall–Kier alpha value is -2.20. The second kappa shape index (κ2) is 4.42. The van der Waals surface area contributed by atoms with Gasteiger partial charge in [0, 0.05) is 24.1 Å². The maximum atomic E-state index is 14.5. The van der Waals surface area contributed by atoms with Crippen LogP contribution in [-0.2, 0) is 9.53 Å². The highest BCUT2D eigenvalue weighted by Crippen LogP contribution is 2.61. The molecule has 23 heavy (non-hydrogen) atoms. The van der Waals surface area contributed by atoms with Gasteiger partial charge in [-0.2, -0.15) is 0 Å². The average molecular weight is 309 g/mol. The molecule has 1 aliphatic carbocycles. The van der Waals surface area contributed by atoms with Crippen molar-refractivity contribution in [3.63, 3.8) is 0 Å². The molecule has 0 bridgehead atoms. The average Bonchev–Trinajstić information content (AvgIpc) is 3.24. The van der Waals surface area contributed by atoms with E-state index >= 15 is 0 Å². The Bertz CT molecular complexity index is 834. The quantitative estimate of drug-likeness (QED) is 0.749. The number of epoxide rings is 1. The smallest absolute Gasteiger partial charge is 0.224 e. The van der Waals surface area contributed by atoms with Gasteiger partial charge < -0.3 is 9.64 Å². The fraction of sp³-hybridized carbons (Fsp3) is 0.316. The molecule has 2 heterocycles. The third-order valence-corrected chi connectivity index (χ3v) is 5.34. The molecule has 0 radical (unpaired) electrons. The van der Waals surface area contributed by atoms with Crippen molar-refractivity contribution in [1.82, 2.24) is 0 Å². The third-order valence-electron chi connectivity index (χ3n) is 5.34. The van der Waals surface area contributed by atoms with E-state index in [2.05, 4.69) is 6.07 Å². The van der Waals surface area contributed by atoms with E-state index in [1.54, 1.807) is 24.0 Å². The molecule has 0 spiro atoms. The zero-order chi connectivity index (χ0) is 15.7. The molecule has 0 N–H and O–H groups in total. The van der Waals surface area contributed by atoms with Gasteiger partial charge in [0.25, 0.3) is 0 Å². The van der Waals surface area contributed by atoms with Gasteiger partial charge >= 0.3 is 0 Å². The molecule has 5 rings (SSSR count). The Morgan fingerprint density at radius 2 is 1.96 bits per heavy atom. The van der Waals surface area contributed by atoms with Crippen molar-refractivity contribution in [3.05, 3.63) is 65.0 Å². The van der Waals surface area contributed by atoms with E-state index in [1.807, 2.05) is 18.2 Å². The van der Waals surface area contributed by atoms with Crippen molar-refractivity contribution in [1.29, 1.82) is 0 Å². The van der Waals surface area contributed by atoms with Crippen LogP contribution in [-0.4, -0.2) is 12.0 Å². The van der Waals surface area contributed by atoms with E-state index in [9.17, 15) is 9.18 Å². The molecule has 0 saturated carbocycles. The van der Waals surface area contributed by atoms with Crippen LogP contribution in [0.5, 0.6) is 0 Å². The number of anilines is 1. The Labute approximate surface area is 133 Å². The first kappa shape index (κ1) is 13.3. The molecule has 0 aromatic heterocycles. The molecule has 1 fully saturated rings. The largest absolute Gasteiger partial charge is 0.364 e. The molecule has 4 heteroatoms. The van der Waals surface area contributed by atoms with Crippen molar-refractivity contribution in [3.8, 4) is 0 Å². The summed E-state index contributed by atoms with van der Waals surface area (Å²) < 4.78 is 20.2. The Morgan fingerprint density at radius 3 is 2.74 bits per heavy atom. The molecule has 3 nitrogen and oxygen atoms in total. The zero-order valence-electron chi connectivity index (χ0n) is 12.7. The number of hydrogen-bond donors (Lipinski definition) is 0. The van der Waals surface area contributed by atoms with E-state index < -0.39 is 0 Å². The fourth-order valence-corrected chi connectivity index (χ4v) is 4.45. The summed E-state index contributed by atoms with van der Waals surface area (Å²) in [5.74, 6) is -0.196. The number of benzene rings is 2. The van der Waals surface area contributed by atoms with Crippen LogP contribution >= 0.6 is 0 Å². The van der Waals surface area contributed by atoms with Crippen molar-refractivity contribution in [2.24, 2.45) is 0 Å². The van der Waals surface area contributed by atoms with E-state index in [4.69, 9.17) is 4.74 Å². The summed E-state index contributed by atoms with van der Waals surface area (Å²) in [6, 6.07) is 12.5. The van der Waals surface area contributed by atoms with E-state index in [0.717, 1.165) is 12.1 Å². The van der Waals surface area contributed by atoms with Crippen LogP contribution in [0.1, 0.15) is 48.1 Å². The van der Waals surface area contributed by atoms with E-state index in [-0.39, 0.29) is 35.9 Å². The number of amides is 1. The number of ether oxygens (including phenoxy) is 1. The molecular formula is C19H16FNO2. The molecule has 1 saturated heterocycles. The van der Waals surface area contributed by atoms with E-state index in [0.29, 0.717) is 5.56 Å². The van der Waals surface area contributed by atoms with Crippen molar-refractivity contribution >= 4 is 11.6 Å². The first-order valence-corrected chi connectivity index (χ1v) is 7.99. The topological polar surface area (TPSA) is 32.8 Å². The van der Waals surface area contributed by atoms with Crippen LogP contribution in [0.3, 0.4) is 0 Å². The summed E-state index contributed by atoms with van der Waals surface area (Å²) in [6.45, 7) is 1.56. The molecular weight excluding hydrogens is 293 g/mol. The Kier molecular flexibility index (Phi) is 2.55. The van der Waals surface area contributed by atoms with Gasteiger partial charge in [-0.1, -0.05) is 30.3 Å². The van der Waals surface area contributed by atoms with Crippen LogP contribution in [0, 0.1) is 5.82 Å². The van der Waals surface area contributed by atoms with Gasteiger partial charge in [-0.05, 0) is 29.7 Å². The molecule has 2 aromatic rings. The number of fused-ring (bicyclic) bond motifs is 2. The summed E-state index contributed by atoms with van der Waals surface area (Å²) in [7, 11) is 0. The highest BCUT2D eigenvalue weighted by atomic mass is 19.1. The molecule has 1 amide bonds. The summed E-state index contributed by atoms with van der Waals surface area (Å²) in [6.07, 6.45) is 1.22. The van der Waals surface area contributed by atoms with Crippen LogP contribution in [0.15, 0.2) is 42.5 Å². The predicted molar refractivity (Wildman–Crippen MR) is 83.7 cm³/mol. The van der Waals surface area contributed by atoms with Crippen LogP contribution in [0.25, 0.3) is 0 Å². The summed E-state index contributed by atoms with van der Waals surface area (Å²) >= 11 is 0. The maximum Gasteiger partial charge on any atom is 0.224 e. The molecule has 4 unspecified atom stereocenters. The minimum absolute atomic E-state index is 0.0457. The Morgan fingerprint density at radius 1 is 1.17 bits per heavy atom. The third kappa shape index (κ3) is 1.70. The number of rotatable bonds is 1. The lowest BCUT2D eigenvalue weighted by atomic mass is 9.79. The first-order valence-electron chi connectivity index (χ1n) is 7.99. The lowest BCUT2D eigenvalue weighted by molar-refractivity contribution is -0.117. The van der Waals surface area contributed by atoms with Gasteiger partial charge in [0.05, 0.1) is 12.1 Å². The molecule has 2 aliphatic heterocycles. The van der Waals surface area contributed by atoms with Crippen LogP contribution < -0.4 is 4.90 Å². The van der Waals surface area contributed by atoms with Crippen LogP contribution in [0.4, 0.5) is 10.1 Å². The molecule has 4 atom stereocenters. The number of carbonyl (C=O) groups excluding carboxylic acids is 1. The summed E-state index contributed by atoms with van der Waals surface area (Å²) in [4.78, 5) is 14.1. The van der Waals surface area contributed by atoms with Crippen molar-refractivity contribution in [2.75, 3.05) is 4.90 Å². The van der Waals surface area contributed by atoms with Gasteiger partial charge in [-0.25, -0.2) is 4.39 Å². The zero-order valence-corrected chi connectivity index (χ0v) is 12.7. The van der Waals surface area contributed by atoms with Gasteiger partial charge in [-0.15, -0.1) is 0 Å². The standard InChI is InChI=1S/C19H16FNO2/c1-10(22)21-15-8-4-6-12-17(15)13(9-16-19(12)23-16)18(21)11-5-2-3-7-14(11)20/h2-8,13,16,18-19H,9H2,1H3. The second-order valence-corrected chi connectivity index (χ2v) is 6.57. The normalized spacial score (nSPS) is 29.9. The van der Waals surface area contributed by atoms with Gasteiger partial charge in [0.2, 0.25) is 5.91 Å². The van der Waals surface area contributed by atoms with Gasteiger partial charge in [0.15, 0.2) is 0 Å². The van der Waals surface area contributed by atoms with Crippen molar-refractivity contribution < 1.29 is 13.9 Å². The molecule has 3 aliphatic rings. The monoisotopic (exact) mass is 309 g/mol.